The summed E-state index contributed by atoms with van der Waals surface area (Å²) in [6.07, 6.45) is 0.646. The molecule has 3 unspecified atom stereocenters. The average molecular weight is 737 g/mol. The van der Waals surface area contributed by atoms with E-state index in [1.54, 1.807) is 14.2 Å². The van der Waals surface area contributed by atoms with E-state index < -0.39 is 5.09 Å². The second-order valence-corrected chi connectivity index (χ2v) is 13.3. The maximum atomic E-state index is 10.5. The van der Waals surface area contributed by atoms with Gasteiger partial charge in [-0.1, -0.05) is 78.9 Å². The number of hydrogen-bond acceptors (Lipinski definition) is 10. The summed E-state index contributed by atoms with van der Waals surface area (Å²) < 4.78 is 36.1. The second kappa shape index (κ2) is 19.8. The Morgan fingerprint density at radius 1 is 0.722 bits per heavy atom. The lowest BCUT2D eigenvalue weighted by molar-refractivity contribution is -0.763. The number of methoxy groups -OCH3 is 2. The van der Waals surface area contributed by atoms with Crippen LogP contribution in [0.25, 0.3) is 10.8 Å². The molecule has 5 aromatic carbocycles. The molecule has 11 nitrogen and oxygen atoms in total. The normalized spacial score (nSPS) is 16.9. The zero-order valence-corrected chi connectivity index (χ0v) is 30.8. The highest BCUT2D eigenvalue weighted by Gasteiger charge is 2.35. The third-order valence-electron chi connectivity index (χ3n) is 9.61. The predicted octanol–water partition coefficient (Wildman–Crippen LogP) is 7.66. The van der Waals surface area contributed by atoms with Gasteiger partial charge in [-0.2, -0.15) is 0 Å². The van der Waals surface area contributed by atoms with Gasteiger partial charge in [0.25, 0.3) is 5.09 Å². The average Bonchev–Trinajstić information content (AvgIpc) is 3.21. The van der Waals surface area contributed by atoms with Crippen LogP contribution >= 0.6 is 0 Å². The Labute approximate surface area is 316 Å². The van der Waals surface area contributed by atoms with Crippen molar-refractivity contribution in [2.24, 2.45) is 5.92 Å². The maximum absolute atomic E-state index is 10.5. The lowest BCUT2D eigenvalue weighted by Gasteiger charge is -2.39. The van der Waals surface area contributed by atoms with Gasteiger partial charge >= 0.3 is 0 Å². The summed E-state index contributed by atoms with van der Waals surface area (Å²) >= 11 is 0. The van der Waals surface area contributed by atoms with E-state index >= 15 is 0 Å². The molecule has 0 aliphatic carbocycles. The molecule has 54 heavy (non-hydrogen) atoms. The standard InChI is InChI=1S/C43H48N2O9/c1-48-40-11-6-4-9-36(40)29-50-20-7-21-52-38-18-16-34(17-19-38)43-37(30-51-26-31-12-14-32(15-13-31)28-54-45(46)47)24-44-25-42(43)53-27-33-22-35-8-3-5-10-39(35)41(23-33)49-2/h3-6,8-19,22-23,37,42-44H,7,20-21,24-30H2,1-2H3. The smallest absolute Gasteiger partial charge is 0.294 e. The molecule has 0 aromatic heterocycles. The fraction of sp³-hybridized carbons (Fsp3) is 0.349. The number of ether oxygens (including phenoxy) is 6. The van der Waals surface area contributed by atoms with Gasteiger partial charge in [-0.3, -0.25) is 0 Å². The molecule has 1 fully saturated rings. The molecule has 1 saturated heterocycles. The van der Waals surface area contributed by atoms with Crippen LogP contribution in [0.3, 0.4) is 0 Å². The van der Waals surface area contributed by atoms with E-state index in [-0.39, 0.29) is 24.5 Å². The monoisotopic (exact) mass is 736 g/mol. The van der Waals surface area contributed by atoms with Crippen LogP contribution in [0.15, 0.2) is 109 Å². The third kappa shape index (κ3) is 10.7. The first-order valence-electron chi connectivity index (χ1n) is 18.2. The van der Waals surface area contributed by atoms with Gasteiger partial charge in [0.15, 0.2) is 0 Å². The number of hydrogen-bond donors (Lipinski definition) is 1. The molecule has 0 radical (unpaired) electrons. The van der Waals surface area contributed by atoms with Crippen LogP contribution in [0, 0.1) is 16.0 Å². The summed E-state index contributed by atoms with van der Waals surface area (Å²) in [6.45, 7) is 4.37. The van der Waals surface area contributed by atoms with Crippen LogP contribution in [-0.4, -0.2) is 58.3 Å². The Kier molecular flexibility index (Phi) is 14.1. The Bertz CT molecular complexity index is 1920. The van der Waals surface area contributed by atoms with Gasteiger partial charge in [0, 0.05) is 42.3 Å². The molecule has 5 aromatic rings. The molecule has 0 spiro atoms. The molecule has 1 aliphatic rings. The van der Waals surface area contributed by atoms with Gasteiger partial charge in [-0.05, 0) is 58.0 Å². The van der Waals surface area contributed by atoms with Crippen molar-refractivity contribution in [3.8, 4) is 17.2 Å². The Balaban J connectivity index is 1.08. The number of benzene rings is 5. The first kappa shape index (κ1) is 38.5. The van der Waals surface area contributed by atoms with Gasteiger partial charge in [-0.25, -0.2) is 0 Å². The Morgan fingerprint density at radius 3 is 2.24 bits per heavy atom. The van der Waals surface area contributed by atoms with Crippen LogP contribution < -0.4 is 19.5 Å². The summed E-state index contributed by atoms with van der Waals surface area (Å²) in [5.41, 5.74) is 4.93. The molecule has 11 heteroatoms. The molecule has 6 rings (SSSR count). The molecular formula is C43H48N2O9. The molecule has 0 amide bonds. The summed E-state index contributed by atoms with van der Waals surface area (Å²) in [7, 11) is 3.36. The third-order valence-corrected chi connectivity index (χ3v) is 9.61. The van der Waals surface area contributed by atoms with Crippen LogP contribution in [-0.2, 0) is 45.5 Å². The van der Waals surface area contributed by atoms with E-state index in [0.29, 0.717) is 46.2 Å². The molecular weight excluding hydrogens is 688 g/mol. The summed E-state index contributed by atoms with van der Waals surface area (Å²) in [5, 5.41) is 15.5. The van der Waals surface area contributed by atoms with Crippen molar-refractivity contribution in [3.05, 3.63) is 147 Å². The van der Waals surface area contributed by atoms with Crippen molar-refractivity contribution < 1.29 is 38.3 Å². The van der Waals surface area contributed by atoms with Gasteiger partial charge in [0.1, 0.15) is 23.9 Å². The highest BCUT2D eigenvalue weighted by atomic mass is 16.9. The predicted molar refractivity (Wildman–Crippen MR) is 205 cm³/mol. The molecule has 3 atom stereocenters. The van der Waals surface area contributed by atoms with E-state index in [9.17, 15) is 10.1 Å². The van der Waals surface area contributed by atoms with Crippen molar-refractivity contribution in [3.63, 3.8) is 0 Å². The van der Waals surface area contributed by atoms with E-state index in [2.05, 4.69) is 46.6 Å². The zero-order chi connectivity index (χ0) is 37.5. The molecule has 1 heterocycles. The first-order chi connectivity index (χ1) is 26.5. The SMILES string of the molecule is COc1ccccc1COCCCOc1ccc(C2C(COCc3ccc(CO[N+](=O)[O-])cc3)CNCC2OCc2cc(OC)c3ccccc3c2)cc1. The van der Waals surface area contributed by atoms with Crippen molar-refractivity contribution in [2.45, 2.75) is 44.9 Å². The van der Waals surface area contributed by atoms with Crippen molar-refractivity contribution in [2.75, 3.05) is 47.1 Å². The molecule has 0 saturated carbocycles. The summed E-state index contributed by atoms with van der Waals surface area (Å²) in [4.78, 5) is 15.0. The van der Waals surface area contributed by atoms with E-state index in [1.165, 1.54) is 0 Å². The van der Waals surface area contributed by atoms with Crippen molar-refractivity contribution in [1.82, 2.24) is 5.32 Å². The highest BCUT2D eigenvalue weighted by molar-refractivity contribution is 5.89. The van der Waals surface area contributed by atoms with Crippen molar-refractivity contribution in [1.29, 1.82) is 0 Å². The quantitative estimate of drug-likeness (QED) is 0.0485. The fourth-order valence-corrected chi connectivity index (χ4v) is 6.90. The minimum absolute atomic E-state index is 0.0627. The minimum Gasteiger partial charge on any atom is -0.496 e. The number of rotatable bonds is 20. The largest absolute Gasteiger partial charge is 0.496 e. The van der Waals surface area contributed by atoms with Crippen LogP contribution in [0.4, 0.5) is 0 Å². The molecule has 284 valence electrons. The van der Waals surface area contributed by atoms with E-state index in [1.807, 2.05) is 72.8 Å². The van der Waals surface area contributed by atoms with Crippen molar-refractivity contribution >= 4 is 10.8 Å². The number of nitrogens with one attached hydrogen (secondary N) is 1. The number of piperidine rings is 1. The van der Waals surface area contributed by atoms with E-state index in [4.69, 9.17) is 28.4 Å². The first-order valence-corrected chi connectivity index (χ1v) is 18.2. The van der Waals surface area contributed by atoms with E-state index in [0.717, 1.165) is 68.8 Å². The fourth-order valence-electron chi connectivity index (χ4n) is 6.90. The van der Waals surface area contributed by atoms with Gasteiger partial charge in [0.2, 0.25) is 0 Å². The van der Waals surface area contributed by atoms with Gasteiger partial charge in [-0.15, -0.1) is 10.1 Å². The lowest BCUT2D eigenvalue weighted by atomic mass is 9.79. The topological polar surface area (TPSA) is 120 Å². The minimum atomic E-state index is -0.787. The second-order valence-electron chi connectivity index (χ2n) is 13.3. The summed E-state index contributed by atoms with van der Waals surface area (Å²) in [6, 6.07) is 36.1. The lowest BCUT2D eigenvalue weighted by Crippen LogP contribution is -2.48. The van der Waals surface area contributed by atoms with Gasteiger partial charge in [0.05, 0.1) is 60.0 Å². The van der Waals surface area contributed by atoms with Crippen LogP contribution in [0.1, 0.15) is 40.2 Å². The number of fused-ring (bicyclic) bond motifs is 1. The number of nitrogens with zero attached hydrogens (tertiary/aromatic N) is 1. The Hall–Kier alpha value is -5.20. The zero-order valence-electron chi connectivity index (χ0n) is 30.8. The highest BCUT2D eigenvalue weighted by Crippen LogP contribution is 2.35. The molecule has 1 N–H and O–H groups in total. The molecule has 0 bridgehead atoms. The number of para-hydroxylation sites is 1. The maximum Gasteiger partial charge on any atom is 0.294 e. The van der Waals surface area contributed by atoms with Gasteiger partial charge < -0.3 is 38.6 Å². The Morgan fingerprint density at radius 2 is 1.46 bits per heavy atom. The van der Waals surface area contributed by atoms with Crippen LogP contribution in [0.5, 0.6) is 17.2 Å². The summed E-state index contributed by atoms with van der Waals surface area (Å²) in [5.74, 6) is 2.65. The molecule has 1 aliphatic heterocycles. The van der Waals surface area contributed by atoms with Crippen LogP contribution in [0.2, 0.25) is 0 Å².